The summed E-state index contributed by atoms with van der Waals surface area (Å²) in [6.07, 6.45) is 9.51. The molecule has 2 aromatic carbocycles. The van der Waals surface area contributed by atoms with E-state index in [1.165, 1.54) is 11.3 Å². The van der Waals surface area contributed by atoms with Crippen LogP contribution in [0.3, 0.4) is 0 Å². The topological polar surface area (TPSA) is 55.8 Å². The van der Waals surface area contributed by atoms with E-state index >= 15 is 0 Å². The molecule has 4 aliphatic rings. The molecular weight excluding hydrogens is 438 g/mol. The van der Waals surface area contributed by atoms with Gasteiger partial charge in [-0.1, -0.05) is 24.3 Å². The molecule has 0 spiro atoms. The summed E-state index contributed by atoms with van der Waals surface area (Å²) < 4.78 is 12.2. The Bertz CT molecular complexity index is 1440. The molecule has 5 nitrogen and oxygen atoms in total. The standard InChI is InChI=1S/C30H25NO4/c1-17-11-21(35-27-16-26-19(14-25(17)27)7-6-10-31(26)3)15-22-13-20(12-18(2)34-22)28-29(32)23-8-4-5-9-24(23)30(28)33/h4-5,8-9,11-16H,6-7,10H2,1-3H3/b21-15+. The maximum absolute atomic E-state index is 13.0. The number of ketones is 2. The summed E-state index contributed by atoms with van der Waals surface area (Å²) in [5.74, 6) is 2.09. The Hall–Kier alpha value is -4.12. The van der Waals surface area contributed by atoms with Gasteiger partial charge < -0.3 is 14.4 Å². The summed E-state index contributed by atoms with van der Waals surface area (Å²) in [6, 6.07) is 11.3. The van der Waals surface area contributed by atoms with Crippen LogP contribution in [0.2, 0.25) is 0 Å². The first-order valence-corrected chi connectivity index (χ1v) is 11.9. The molecular formula is C30H25NO4. The Kier molecular flexibility index (Phi) is 4.88. The molecule has 0 amide bonds. The smallest absolute Gasteiger partial charge is 0.198 e. The molecule has 0 unspecified atom stereocenters. The fraction of sp³-hybridized carbons (Fsp3) is 0.200. The zero-order valence-electron chi connectivity index (χ0n) is 20.0. The van der Waals surface area contributed by atoms with Gasteiger partial charge in [-0.05, 0) is 67.7 Å². The lowest BCUT2D eigenvalue weighted by Crippen LogP contribution is -2.25. The maximum Gasteiger partial charge on any atom is 0.198 e. The molecule has 0 atom stereocenters. The van der Waals surface area contributed by atoms with E-state index in [2.05, 4.69) is 31.0 Å². The van der Waals surface area contributed by atoms with Crippen LogP contribution in [0.25, 0.3) is 5.57 Å². The van der Waals surface area contributed by atoms with E-state index in [1.807, 2.05) is 19.1 Å². The van der Waals surface area contributed by atoms with E-state index in [9.17, 15) is 9.59 Å². The van der Waals surface area contributed by atoms with Crippen LogP contribution in [0, 0.1) is 0 Å². The molecule has 0 radical (unpaired) electrons. The highest BCUT2D eigenvalue weighted by atomic mass is 16.5. The zero-order chi connectivity index (χ0) is 24.3. The Balaban J connectivity index is 1.38. The second kappa shape index (κ2) is 7.98. The minimum atomic E-state index is -0.248. The van der Waals surface area contributed by atoms with Gasteiger partial charge in [0.15, 0.2) is 11.6 Å². The second-order valence-electron chi connectivity index (χ2n) is 9.42. The number of anilines is 1. The highest BCUT2D eigenvalue weighted by Crippen LogP contribution is 2.40. The van der Waals surface area contributed by atoms with Crippen LogP contribution in [0.4, 0.5) is 5.69 Å². The molecule has 0 saturated carbocycles. The van der Waals surface area contributed by atoms with Crippen molar-refractivity contribution in [3.63, 3.8) is 0 Å². The van der Waals surface area contributed by atoms with Crippen molar-refractivity contribution in [3.8, 4) is 5.75 Å². The van der Waals surface area contributed by atoms with Crippen LogP contribution in [-0.2, 0) is 11.2 Å². The third-order valence-corrected chi connectivity index (χ3v) is 6.92. The van der Waals surface area contributed by atoms with Crippen molar-refractivity contribution in [2.24, 2.45) is 0 Å². The lowest BCUT2D eigenvalue weighted by atomic mass is 9.94. The Morgan fingerprint density at radius 3 is 2.40 bits per heavy atom. The average Bonchev–Trinajstić information content (AvgIpc) is 3.08. The molecule has 3 heterocycles. The molecule has 6 rings (SSSR count). The van der Waals surface area contributed by atoms with E-state index in [0.717, 1.165) is 36.3 Å². The third-order valence-electron chi connectivity index (χ3n) is 6.92. The van der Waals surface area contributed by atoms with Crippen molar-refractivity contribution in [1.82, 2.24) is 0 Å². The van der Waals surface area contributed by atoms with Gasteiger partial charge >= 0.3 is 0 Å². The quantitative estimate of drug-likeness (QED) is 0.387. The Labute approximate surface area is 204 Å². The SMILES string of the molecule is CC1=CC(=C2C(=O)c3ccccc3C2=O)C=C(/C=C2\C=C(C)c3cc4c(cc3O2)N(C)CCC4)O1. The van der Waals surface area contributed by atoms with E-state index < -0.39 is 0 Å². The lowest BCUT2D eigenvalue weighted by molar-refractivity contribution is 0.0988. The van der Waals surface area contributed by atoms with Crippen molar-refractivity contribution in [1.29, 1.82) is 0 Å². The number of aryl methyl sites for hydroxylation is 1. The molecule has 0 aromatic heterocycles. The highest BCUT2D eigenvalue weighted by molar-refractivity contribution is 6.40. The molecule has 0 saturated heterocycles. The number of hydrogen-bond donors (Lipinski definition) is 0. The van der Waals surface area contributed by atoms with E-state index in [4.69, 9.17) is 9.47 Å². The summed E-state index contributed by atoms with van der Waals surface area (Å²) >= 11 is 0. The number of rotatable bonds is 1. The van der Waals surface area contributed by atoms with E-state index in [-0.39, 0.29) is 17.1 Å². The number of carbonyl (C=O) groups is 2. The minimum absolute atomic E-state index is 0.182. The van der Waals surface area contributed by atoms with Gasteiger partial charge in [-0.2, -0.15) is 0 Å². The maximum atomic E-state index is 13.0. The summed E-state index contributed by atoms with van der Waals surface area (Å²) in [6.45, 7) is 4.92. The van der Waals surface area contributed by atoms with Gasteiger partial charge in [0, 0.05) is 48.1 Å². The third kappa shape index (κ3) is 3.55. The first kappa shape index (κ1) is 21.4. The number of nitrogens with zero attached hydrogens (tertiary/aromatic N) is 1. The number of fused-ring (bicyclic) bond motifs is 3. The zero-order valence-corrected chi connectivity index (χ0v) is 20.0. The van der Waals surface area contributed by atoms with Crippen LogP contribution in [0.15, 0.2) is 89.1 Å². The highest BCUT2D eigenvalue weighted by Gasteiger charge is 2.35. The minimum Gasteiger partial charge on any atom is -0.462 e. The fourth-order valence-electron chi connectivity index (χ4n) is 5.24. The van der Waals surface area contributed by atoms with Crippen molar-refractivity contribution < 1.29 is 19.1 Å². The van der Waals surface area contributed by atoms with Crippen LogP contribution in [0.5, 0.6) is 5.75 Å². The van der Waals surface area contributed by atoms with Gasteiger partial charge in [-0.15, -0.1) is 0 Å². The van der Waals surface area contributed by atoms with Gasteiger partial charge in [-0.25, -0.2) is 0 Å². The average molecular weight is 464 g/mol. The number of Topliss-reactive ketones (excluding diaryl/α,β-unsaturated/α-hetero) is 2. The summed E-state index contributed by atoms with van der Waals surface area (Å²) in [7, 11) is 2.11. The number of hydrogen-bond acceptors (Lipinski definition) is 5. The monoisotopic (exact) mass is 463 g/mol. The van der Waals surface area contributed by atoms with Crippen molar-refractivity contribution >= 4 is 22.8 Å². The van der Waals surface area contributed by atoms with Crippen molar-refractivity contribution in [2.75, 3.05) is 18.5 Å². The second-order valence-corrected chi connectivity index (χ2v) is 9.42. The van der Waals surface area contributed by atoms with Crippen molar-refractivity contribution in [3.05, 3.63) is 111 Å². The number of ether oxygens (including phenoxy) is 2. The predicted molar refractivity (Wildman–Crippen MR) is 135 cm³/mol. The van der Waals surface area contributed by atoms with Gasteiger partial charge in [0.05, 0.1) is 5.57 Å². The van der Waals surface area contributed by atoms with Gasteiger partial charge in [-0.3, -0.25) is 9.59 Å². The molecule has 0 N–H and O–H groups in total. The lowest BCUT2D eigenvalue weighted by Gasteiger charge is -2.30. The molecule has 35 heavy (non-hydrogen) atoms. The van der Waals surface area contributed by atoms with E-state index in [1.54, 1.807) is 36.4 Å². The van der Waals surface area contributed by atoms with Crippen LogP contribution < -0.4 is 9.64 Å². The van der Waals surface area contributed by atoms with Crippen molar-refractivity contribution in [2.45, 2.75) is 26.7 Å². The number of benzene rings is 2. The molecule has 3 aliphatic heterocycles. The van der Waals surface area contributed by atoms with Gasteiger partial charge in [0.1, 0.15) is 23.0 Å². The Morgan fingerprint density at radius 1 is 0.914 bits per heavy atom. The van der Waals surface area contributed by atoms with Gasteiger partial charge in [0.2, 0.25) is 0 Å². The molecule has 5 heteroatoms. The number of allylic oxidation sites excluding steroid dienone is 8. The normalized spacial score (nSPS) is 19.9. The van der Waals surface area contributed by atoms with Crippen LogP contribution in [0.1, 0.15) is 52.1 Å². The molecule has 174 valence electrons. The summed E-state index contributed by atoms with van der Waals surface area (Å²) in [5, 5.41) is 0. The van der Waals surface area contributed by atoms with Crippen LogP contribution >= 0.6 is 0 Å². The van der Waals surface area contributed by atoms with Crippen LogP contribution in [-0.4, -0.2) is 25.2 Å². The Morgan fingerprint density at radius 2 is 1.66 bits per heavy atom. The summed E-state index contributed by atoms with van der Waals surface area (Å²) in [4.78, 5) is 28.3. The molecule has 0 fully saturated rings. The first-order chi connectivity index (χ1) is 16.9. The van der Waals surface area contributed by atoms with Gasteiger partial charge in [0.25, 0.3) is 0 Å². The largest absolute Gasteiger partial charge is 0.462 e. The van der Waals surface area contributed by atoms with E-state index in [0.29, 0.717) is 34.0 Å². The summed E-state index contributed by atoms with van der Waals surface area (Å²) in [5.41, 5.74) is 6.42. The number of carbonyl (C=O) groups excluding carboxylic acids is 2. The first-order valence-electron chi connectivity index (χ1n) is 11.9. The fourth-order valence-corrected chi connectivity index (χ4v) is 5.24. The predicted octanol–water partition coefficient (Wildman–Crippen LogP) is 5.94. The molecule has 0 bridgehead atoms. The molecule has 1 aliphatic carbocycles. The molecule has 2 aromatic rings.